The van der Waals surface area contributed by atoms with Gasteiger partial charge in [-0.2, -0.15) is 0 Å². The van der Waals surface area contributed by atoms with Crippen molar-refractivity contribution in [3.8, 4) is 0 Å². The van der Waals surface area contributed by atoms with Crippen molar-refractivity contribution in [1.29, 1.82) is 0 Å². The van der Waals surface area contributed by atoms with Crippen LogP contribution in [0.4, 0.5) is 0 Å². The molecule has 0 bridgehead atoms. The number of rotatable bonds is 2. The van der Waals surface area contributed by atoms with Gasteiger partial charge in [-0.25, -0.2) is 4.98 Å². The Hall–Kier alpha value is -1.42. The summed E-state index contributed by atoms with van der Waals surface area (Å²) in [4.78, 5) is 19.3. The van der Waals surface area contributed by atoms with Crippen LogP contribution in [0.25, 0.3) is 10.2 Å². The van der Waals surface area contributed by atoms with Crippen LogP contribution in [0.3, 0.4) is 0 Å². The molecule has 3 nitrogen and oxygen atoms in total. The quantitative estimate of drug-likeness (QED) is 0.788. The van der Waals surface area contributed by atoms with Crippen LogP contribution in [0, 0.1) is 5.92 Å². The Morgan fingerprint density at radius 2 is 2.42 bits per heavy atom. The molecule has 1 aliphatic rings. The fourth-order valence-corrected chi connectivity index (χ4v) is 4.11. The molecular weight excluding hydrogens is 256 g/mol. The number of aromatic nitrogens is 2. The van der Waals surface area contributed by atoms with Crippen LogP contribution < -0.4 is 5.56 Å². The van der Waals surface area contributed by atoms with Crippen LogP contribution in [0.1, 0.15) is 30.7 Å². The molecule has 0 aliphatic heterocycles. The van der Waals surface area contributed by atoms with Crippen LogP contribution >= 0.6 is 11.3 Å². The highest BCUT2D eigenvalue weighted by Crippen LogP contribution is 2.35. The zero-order chi connectivity index (χ0) is 13.6. The molecule has 0 unspecified atom stereocenters. The van der Waals surface area contributed by atoms with E-state index in [1.165, 1.54) is 16.9 Å². The monoisotopic (exact) mass is 274 g/mol. The summed E-state index contributed by atoms with van der Waals surface area (Å²) < 4.78 is 1.68. The summed E-state index contributed by atoms with van der Waals surface area (Å²) in [5, 5.41) is 0.857. The highest BCUT2D eigenvalue weighted by atomic mass is 32.1. The Bertz CT molecular complexity index is 711. The van der Waals surface area contributed by atoms with E-state index >= 15 is 0 Å². The maximum absolute atomic E-state index is 12.6. The van der Waals surface area contributed by atoms with Crippen LogP contribution in [0.5, 0.6) is 0 Å². The zero-order valence-corrected chi connectivity index (χ0v) is 12.2. The molecule has 0 spiro atoms. The van der Waals surface area contributed by atoms with E-state index in [0.29, 0.717) is 6.54 Å². The highest BCUT2D eigenvalue weighted by Gasteiger charge is 2.22. The summed E-state index contributed by atoms with van der Waals surface area (Å²) in [7, 11) is 0. The average molecular weight is 274 g/mol. The number of nitrogens with zero attached hydrogens (tertiary/aromatic N) is 2. The summed E-state index contributed by atoms with van der Waals surface area (Å²) in [5.74, 6) is 0.721. The summed E-state index contributed by atoms with van der Waals surface area (Å²) in [6.07, 6.45) is 4.94. The molecule has 0 fully saturated rings. The Morgan fingerprint density at radius 1 is 1.63 bits per heavy atom. The number of thiophene rings is 1. The Morgan fingerprint density at radius 3 is 3.16 bits per heavy atom. The SMILES string of the molecule is C=C(C)Cn1cnc2sc3c(c2c1=O)CC[C@H](C)C3. The molecule has 0 N–H and O–H groups in total. The van der Waals surface area contributed by atoms with Gasteiger partial charge in [-0.3, -0.25) is 9.36 Å². The van der Waals surface area contributed by atoms with E-state index in [4.69, 9.17) is 0 Å². The standard InChI is InChI=1S/C15H18N2OS/c1-9(2)7-17-8-16-14-13(15(17)18)11-5-4-10(3)6-12(11)19-14/h8,10H,1,4-7H2,2-3H3/t10-/m0/s1. The lowest BCUT2D eigenvalue weighted by Gasteiger charge is -2.17. The number of aryl methyl sites for hydroxylation is 1. The van der Waals surface area contributed by atoms with Crippen molar-refractivity contribution in [3.05, 3.63) is 39.3 Å². The van der Waals surface area contributed by atoms with E-state index < -0.39 is 0 Å². The second-order valence-electron chi connectivity index (χ2n) is 5.67. The third kappa shape index (κ3) is 2.14. The highest BCUT2D eigenvalue weighted by molar-refractivity contribution is 7.18. The van der Waals surface area contributed by atoms with Gasteiger partial charge in [-0.1, -0.05) is 19.1 Å². The maximum Gasteiger partial charge on any atom is 0.262 e. The van der Waals surface area contributed by atoms with Gasteiger partial charge in [0.15, 0.2) is 0 Å². The molecular formula is C15H18N2OS. The lowest BCUT2D eigenvalue weighted by Crippen LogP contribution is -2.21. The molecule has 2 aromatic heterocycles. The first-order valence-electron chi connectivity index (χ1n) is 6.70. The van der Waals surface area contributed by atoms with Crippen molar-refractivity contribution in [1.82, 2.24) is 9.55 Å². The van der Waals surface area contributed by atoms with Gasteiger partial charge >= 0.3 is 0 Å². The van der Waals surface area contributed by atoms with E-state index in [0.717, 1.165) is 34.5 Å². The first-order valence-corrected chi connectivity index (χ1v) is 7.52. The smallest absolute Gasteiger partial charge is 0.262 e. The van der Waals surface area contributed by atoms with Gasteiger partial charge in [-0.15, -0.1) is 11.3 Å². The molecule has 0 saturated carbocycles. The van der Waals surface area contributed by atoms with Crippen LogP contribution in [-0.4, -0.2) is 9.55 Å². The van der Waals surface area contributed by atoms with Crippen molar-refractivity contribution >= 4 is 21.6 Å². The van der Waals surface area contributed by atoms with Gasteiger partial charge in [0.1, 0.15) is 4.83 Å². The van der Waals surface area contributed by atoms with Crippen molar-refractivity contribution in [3.63, 3.8) is 0 Å². The van der Waals surface area contributed by atoms with E-state index in [2.05, 4.69) is 18.5 Å². The van der Waals surface area contributed by atoms with Crippen molar-refractivity contribution < 1.29 is 0 Å². The Kier molecular flexibility index (Phi) is 3.05. The summed E-state index contributed by atoms with van der Waals surface area (Å²) >= 11 is 1.70. The lowest BCUT2D eigenvalue weighted by molar-refractivity contribution is 0.509. The van der Waals surface area contributed by atoms with Gasteiger partial charge in [0.2, 0.25) is 0 Å². The average Bonchev–Trinajstić information content (AvgIpc) is 2.70. The van der Waals surface area contributed by atoms with E-state index in [1.807, 2.05) is 6.92 Å². The summed E-state index contributed by atoms with van der Waals surface area (Å²) in [6, 6.07) is 0. The molecule has 3 rings (SSSR count). The topological polar surface area (TPSA) is 34.9 Å². The minimum Gasteiger partial charge on any atom is -0.295 e. The Balaban J connectivity index is 2.20. The first kappa shape index (κ1) is 12.6. The lowest BCUT2D eigenvalue weighted by atomic mass is 9.89. The zero-order valence-electron chi connectivity index (χ0n) is 11.4. The number of hydrogen-bond acceptors (Lipinski definition) is 3. The molecule has 0 aromatic carbocycles. The number of fused-ring (bicyclic) bond motifs is 3. The van der Waals surface area contributed by atoms with Gasteiger partial charge in [0, 0.05) is 11.4 Å². The first-order chi connectivity index (χ1) is 9.06. The van der Waals surface area contributed by atoms with E-state index in [9.17, 15) is 4.79 Å². The molecule has 2 aromatic rings. The Labute approximate surface area is 116 Å². The predicted octanol–water partition coefficient (Wildman–Crippen LogP) is 3.16. The molecule has 1 atom stereocenters. The van der Waals surface area contributed by atoms with Crippen molar-refractivity contribution in [2.24, 2.45) is 5.92 Å². The third-order valence-electron chi connectivity index (χ3n) is 3.72. The number of hydrogen-bond donors (Lipinski definition) is 0. The maximum atomic E-state index is 12.6. The molecule has 0 radical (unpaired) electrons. The van der Waals surface area contributed by atoms with E-state index in [1.54, 1.807) is 22.2 Å². The normalized spacial score (nSPS) is 18.5. The summed E-state index contributed by atoms with van der Waals surface area (Å²) in [6.45, 7) is 8.64. The molecule has 19 heavy (non-hydrogen) atoms. The minimum absolute atomic E-state index is 0.0973. The molecule has 0 amide bonds. The molecule has 4 heteroatoms. The molecule has 1 aliphatic carbocycles. The van der Waals surface area contributed by atoms with Gasteiger partial charge < -0.3 is 0 Å². The molecule has 2 heterocycles. The van der Waals surface area contributed by atoms with Gasteiger partial charge in [0.05, 0.1) is 11.7 Å². The van der Waals surface area contributed by atoms with E-state index in [-0.39, 0.29) is 5.56 Å². The second kappa shape index (κ2) is 4.60. The summed E-state index contributed by atoms with van der Waals surface area (Å²) in [5.41, 5.74) is 2.33. The van der Waals surface area contributed by atoms with Crippen LogP contribution in [-0.2, 0) is 19.4 Å². The largest absolute Gasteiger partial charge is 0.295 e. The van der Waals surface area contributed by atoms with Crippen molar-refractivity contribution in [2.75, 3.05) is 0 Å². The van der Waals surface area contributed by atoms with Crippen molar-refractivity contribution in [2.45, 2.75) is 39.7 Å². The van der Waals surface area contributed by atoms with Crippen LogP contribution in [0.2, 0.25) is 0 Å². The molecule has 100 valence electrons. The van der Waals surface area contributed by atoms with Gasteiger partial charge in [0.25, 0.3) is 5.56 Å². The van der Waals surface area contributed by atoms with Crippen LogP contribution in [0.15, 0.2) is 23.3 Å². The predicted molar refractivity (Wildman–Crippen MR) is 79.9 cm³/mol. The molecule has 0 saturated heterocycles. The van der Waals surface area contributed by atoms with Gasteiger partial charge in [-0.05, 0) is 37.7 Å². The fraction of sp³-hybridized carbons (Fsp3) is 0.467. The second-order valence-corrected chi connectivity index (χ2v) is 6.75. The number of allylic oxidation sites excluding steroid dienone is 1. The minimum atomic E-state index is 0.0973. The fourth-order valence-electron chi connectivity index (χ4n) is 2.77. The third-order valence-corrected chi connectivity index (χ3v) is 4.88.